The van der Waals surface area contributed by atoms with Crippen molar-refractivity contribution in [3.63, 3.8) is 0 Å². The molecule has 6 atom stereocenters. The van der Waals surface area contributed by atoms with E-state index in [1.165, 1.54) is 58.2 Å². The maximum atomic E-state index is 6.37. The average molecular weight is 286 g/mol. The molecule has 1 saturated carbocycles. The molecule has 19 heavy (non-hydrogen) atoms. The zero-order chi connectivity index (χ0) is 13.4. The Morgan fingerprint density at radius 2 is 1.95 bits per heavy atom. The zero-order valence-corrected chi connectivity index (χ0v) is 13.3. The van der Waals surface area contributed by atoms with Gasteiger partial charge in [-0.25, -0.2) is 4.90 Å². The summed E-state index contributed by atoms with van der Waals surface area (Å²) in [4.78, 5) is 4.65. The van der Waals surface area contributed by atoms with Crippen LogP contribution < -0.4 is 4.90 Å². The molecule has 2 aliphatic heterocycles. The molecular formula is C16H30ClN2+. The molecule has 3 aliphatic rings. The van der Waals surface area contributed by atoms with Crippen molar-refractivity contribution in [1.29, 1.82) is 0 Å². The minimum Gasteiger partial charge on any atom is -0.316 e. The Balaban J connectivity index is 1.60. The number of halogens is 1. The van der Waals surface area contributed by atoms with Gasteiger partial charge in [-0.05, 0) is 38.5 Å². The van der Waals surface area contributed by atoms with Crippen molar-refractivity contribution >= 4 is 11.6 Å². The third-order valence-corrected chi connectivity index (χ3v) is 6.13. The van der Waals surface area contributed by atoms with Crippen molar-refractivity contribution in [2.75, 3.05) is 19.6 Å². The van der Waals surface area contributed by atoms with Gasteiger partial charge in [-0.1, -0.05) is 13.3 Å². The molecule has 2 nitrogen and oxygen atoms in total. The average Bonchev–Trinajstić information content (AvgIpc) is 2.65. The SMILES string of the molecule is CC1CCC2N(C1)CC(C)[NH+]2CC1CCCC(Cl)C1. The standard InChI is InChI=1S/C16H29ClN2/c1-12-6-7-16-18(9-12)10-13(2)19(16)11-14-4-3-5-15(17)8-14/h12-16H,3-11H2,1-2H3/p+1. The molecule has 6 unspecified atom stereocenters. The third-order valence-electron chi connectivity index (χ3n) is 5.73. The fourth-order valence-electron chi connectivity index (χ4n) is 4.74. The van der Waals surface area contributed by atoms with Crippen molar-refractivity contribution in [1.82, 2.24) is 4.90 Å². The Morgan fingerprint density at radius 1 is 1.11 bits per heavy atom. The van der Waals surface area contributed by atoms with E-state index >= 15 is 0 Å². The van der Waals surface area contributed by atoms with Gasteiger partial charge in [0.15, 0.2) is 0 Å². The number of rotatable bonds is 2. The van der Waals surface area contributed by atoms with E-state index in [0.29, 0.717) is 5.38 Å². The van der Waals surface area contributed by atoms with Crippen LogP contribution in [0.5, 0.6) is 0 Å². The predicted octanol–water partition coefficient (Wildman–Crippen LogP) is 2.13. The zero-order valence-electron chi connectivity index (χ0n) is 12.6. The molecule has 0 radical (unpaired) electrons. The lowest BCUT2D eigenvalue weighted by atomic mass is 9.88. The van der Waals surface area contributed by atoms with Gasteiger partial charge in [0.05, 0.1) is 19.1 Å². The fraction of sp³-hybridized carbons (Fsp3) is 1.00. The topological polar surface area (TPSA) is 7.68 Å². The van der Waals surface area contributed by atoms with Gasteiger partial charge in [-0.3, -0.25) is 0 Å². The first-order chi connectivity index (χ1) is 9.13. The Kier molecular flexibility index (Phi) is 4.40. The molecule has 2 heterocycles. The smallest absolute Gasteiger partial charge is 0.144 e. The molecular weight excluding hydrogens is 256 g/mol. The predicted molar refractivity (Wildman–Crippen MR) is 80.6 cm³/mol. The van der Waals surface area contributed by atoms with Crippen LogP contribution >= 0.6 is 11.6 Å². The molecule has 0 spiro atoms. The van der Waals surface area contributed by atoms with E-state index in [4.69, 9.17) is 11.6 Å². The molecule has 3 heteroatoms. The van der Waals surface area contributed by atoms with Gasteiger partial charge >= 0.3 is 0 Å². The van der Waals surface area contributed by atoms with Crippen molar-refractivity contribution in [3.05, 3.63) is 0 Å². The highest BCUT2D eigenvalue weighted by atomic mass is 35.5. The van der Waals surface area contributed by atoms with Crippen LogP contribution in [0.1, 0.15) is 52.4 Å². The summed E-state index contributed by atoms with van der Waals surface area (Å²) in [5.41, 5.74) is 0. The van der Waals surface area contributed by atoms with Crippen LogP contribution in [0.15, 0.2) is 0 Å². The summed E-state index contributed by atoms with van der Waals surface area (Å²) in [6.45, 7) is 8.90. The number of piperidine rings is 1. The van der Waals surface area contributed by atoms with Crippen molar-refractivity contribution in [2.45, 2.75) is 70.0 Å². The second kappa shape index (κ2) is 5.91. The number of nitrogens with one attached hydrogen (secondary N) is 1. The van der Waals surface area contributed by atoms with Gasteiger partial charge in [-0.15, -0.1) is 11.6 Å². The minimum absolute atomic E-state index is 0.457. The highest BCUT2D eigenvalue weighted by Gasteiger charge is 2.44. The summed E-state index contributed by atoms with van der Waals surface area (Å²) < 4.78 is 0. The number of fused-ring (bicyclic) bond motifs is 1. The molecule has 3 rings (SSSR count). The normalized spacial score (nSPS) is 48.2. The molecule has 1 aliphatic carbocycles. The molecule has 3 fully saturated rings. The van der Waals surface area contributed by atoms with Gasteiger partial charge in [0.1, 0.15) is 6.17 Å². The number of nitrogens with zero attached hydrogens (tertiary/aromatic N) is 1. The number of hydrogen-bond acceptors (Lipinski definition) is 1. The summed E-state index contributed by atoms with van der Waals surface area (Å²) in [5, 5.41) is 0.457. The van der Waals surface area contributed by atoms with Crippen LogP contribution in [-0.2, 0) is 0 Å². The van der Waals surface area contributed by atoms with Gasteiger partial charge in [0, 0.05) is 24.3 Å². The molecule has 0 aromatic rings. The fourth-order valence-corrected chi connectivity index (χ4v) is 5.15. The molecule has 0 amide bonds. The highest BCUT2D eigenvalue weighted by molar-refractivity contribution is 6.20. The first-order valence-corrected chi connectivity index (χ1v) is 8.81. The maximum absolute atomic E-state index is 6.37. The maximum Gasteiger partial charge on any atom is 0.144 e. The third kappa shape index (κ3) is 3.11. The van der Waals surface area contributed by atoms with Crippen LogP contribution in [0.2, 0.25) is 0 Å². The lowest BCUT2D eigenvalue weighted by Crippen LogP contribution is -3.18. The first-order valence-electron chi connectivity index (χ1n) is 8.37. The minimum atomic E-state index is 0.457. The molecule has 0 aromatic carbocycles. The molecule has 1 N–H and O–H groups in total. The van der Waals surface area contributed by atoms with Gasteiger partial charge < -0.3 is 4.90 Å². The van der Waals surface area contributed by atoms with Crippen LogP contribution in [0.25, 0.3) is 0 Å². The Bertz CT molecular complexity index is 309. The molecule has 0 aromatic heterocycles. The second-order valence-corrected chi connectivity index (χ2v) is 8.08. The van der Waals surface area contributed by atoms with E-state index in [-0.39, 0.29) is 0 Å². The number of quaternary nitrogens is 1. The van der Waals surface area contributed by atoms with Crippen molar-refractivity contribution in [3.8, 4) is 0 Å². The Hall–Kier alpha value is 0.210. The largest absolute Gasteiger partial charge is 0.316 e. The highest BCUT2D eigenvalue weighted by Crippen LogP contribution is 2.28. The lowest BCUT2D eigenvalue weighted by Gasteiger charge is -2.36. The quantitative estimate of drug-likeness (QED) is 0.764. The summed E-state index contributed by atoms with van der Waals surface area (Å²) in [7, 11) is 0. The monoisotopic (exact) mass is 285 g/mol. The van der Waals surface area contributed by atoms with Crippen LogP contribution in [0.3, 0.4) is 0 Å². The summed E-state index contributed by atoms with van der Waals surface area (Å²) >= 11 is 6.37. The summed E-state index contributed by atoms with van der Waals surface area (Å²) in [5.74, 6) is 1.79. The number of hydrogen-bond donors (Lipinski definition) is 1. The molecule has 0 bridgehead atoms. The molecule has 110 valence electrons. The lowest BCUT2D eigenvalue weighted by molar-refractivity contribution is -0.943. The van der Waals surface area contributed by atoms with E-state index in [2.05, 4.69) is 18.7 Å². The van der Waals surface area contributed by atoms with E-state index in [1.807, 2.05) is 4.90 Å². The van der Waals surface area contributed by atoms with Gasteiger partial charge in [0.2, 0.25) is 0 Å². The van der Waals surface area contributed by atoms with Crippen LogP contribution in [0, 0.1) is 11.8 Å². The van der Waals surface area contributed by atoms with E-state index in [1.54, 1.807) is 0 Å². The van der Waals surface area contributed by atoms with Crippen molar-refractivity contribution in [2.24, 2.45) is 11.8 Å². The van der Waals surface area contributed by atoms with Gasteiger partial charge in [0.25, 0.3) is 0 Å². The number of alkyl halides is 1. The summed E-state index contributed by atoms with van der Waals surface area (Å²) in [6.07, 6.45) is 8.95. The van der Waals surface area contributed by atoms with Crippen molar-refractivity contribution < 1.29 is 4.90 Å². The Labute approximate surface area is 123 Å². The van der Waals surface area contributed by atoms with E-state index in [9.17, 15) is 0 Å². The van der Waals surface area contributed by atoms with Crippen LogP contribution in [-0.4, -0.2) is 42.1 Å². The van der Waals surface area contributed by atoms with Gasteiger partial charge in [-0.2, -0.15) is 0 Å². The van der Waals surface area contributed by atoms with E-state index < -0.39 is 0 Å². The first kappa shape index (κ1) is 14.2. The summed E-state index contributed by atoms with van der Waals surface area (Å²) in [6, 6.07) is 0.825. The second-order valence-electron chi connectivity index (χ2n) is 7.46. The van der Waals surface area contributed by atoms with Crippen LogP contribution in [0.4, 0.5) is 0 Å². The Morgan fingerprint density at radius 3 is 2.74 bits per heavy atom. The molecule has 2 saturated heterocycles. The van der Waals surface area contributed by atoms with E-state index in [0.717, 1.165) is 24.0 Å².